The molecular weight excluding hydrogens is 494 g/mol. The first-order valence-electron chi connectivity index (χ1n) is 14.4. The second-order valence-corrected chi connectivity index (χ2v) is 11.7. The van der Waals surface area contributed by atoms with Crippen molar-refractivity contribution in [2.75, 3.05) is 4.90 Å². The molecule has 5 aromatic rings. The lowest BCUT2D eigenvalue weighted by atomic mass is 9.69. The molecule has 1 heterocycles. The fourth-order valence-electron chi connectivity index (χ4n) is 7.81. The number of para-hydroxylation sites is 2. The molecule has 5 aromatic carbocycles. The molecule has 2 aliphatic carbocycles. The number of allylic oxidation sites excluding steroid dienone is 5. The Hall–Kier alpha value is -4.88. The van der Waals surface area contributed by atoms with E-state index in [-0.39, 0.29) is 5.41 Å². The van der Waals surface area contributed by atoms with Crippen molar-refractivity contribution in [2.24, 2.45) is 0 Å². The van der Waals surface area contributed by atoms with E-state index in [9.17, 15) is 0 Å². The third-order valence-electron chi connectivity index (χ3n) is 9.44. The quantitative estimate of drug-likeness (QED) is 0.212. The second kappa shape index (κ2) is 8.56. The van der Waals surface area contributed by atoms with Crippen molar-refractivity contribution in [2.45, 2.75) is 24.7 Å². The Bertz CT molecular complexity index is 1850. The van der Waals surface area contributed by atoms with Crippen molar-refractivity contribution in [1.82, 2.24) is 0 Å². The number of benzene rings is 5. The maximum Gasteiger partial charge on any atom is 0.0881 e. The molecule has 0 amide bonds. The molecule has 0 atom stereocenters. The van der Waals surface area contributed by atoms with Crippen LogP contribution in [0, 0.1) is 0 Å². The molecule has 41 heavy (non-hydrogen) atoms. The van der Waals surface area contributed by atoms with Gasteiger partial charge in [0.2, 0.25) is 0 Å². The minimum Gasteiger partial charge on any atom is -0.311 e. The van der Waals surface area contributed by atoms with Crippen LogP contribution in [0.1, 0.15) is 47.2 Å². The minimum absolute atomic E-state index is 0.133. The molecule has 0 unspecified atom stereocenters. The molecule has 1 heteroatoms. The first-order valence-corrected chi connectivity index (χ1v) is 14.4. The second-order valence-electron chi connectivity index (χ2n) is 11.7. The predicted molar refractivity (Wildman–Crippen MR) is 172 cm³/mol. The van der Waals surface area contributed by atoms with Gasteiger partial charge in [-0.3, -0.25) is 0 Å². The van der Waals surface area contributed by atoms with Gasteiger partial charge in [0, 0.05) is 22.4 Å². The highest BCUT2D eigenvalue weighted by Gasteiger charge is 2.56. The van der Waals surface area contributed by atoms with Crippen LogP contribution in [0.3, 0.4) is 0 Å². The lowest BCUT2D eigenvalue weighted by molar-refractivity contribution is 0.623. The van der Waals surface area contributed by atoms with Gasteiger partial charge in [-0.25, -0.2) is 0 Å². The average molecular weight is 526 g/mol. The van der Waals surface area contributed by atoms with Crippen LogP contribution in [-0.2, 0) is 10.8 Å². The van der Waals surface area contributed by atoms with Crippen molar-refractivity contribution >= 4 is 16.9 Å². The number of nitrogens with zero attached hydrogens (tertiary/aromatic N) is 1. The van der Waals surface area contributed by atoms with Crippen molar-refractivity contribution < 1.29 is 0 Å². The monoisotopic (exact) mass is 525 g/mol. The van der Waals surface area contributed by atoms with Gasteiger partial charge < -0.3 is 4.90 Å². The van der Waals surface area contributed by atoms with Gasteiger partial charge in [-0.2, -0.15) is 0 Å². The fraction of sp³-hybridized carbons (Fsp3) is 0.100. The van der Waals surface area contributed by atoms with E-state index in [0.29, 0.717) is 0 Å². The lowest BCUT2D eigenvalue weighted by Gasteiger charge is -2.46. The van der Waals surface area contributed by atoms with Gasteiger partial charge in [0.25, 0.3) is 0 Å². The van der Waals surface area contributed by atoms with E-state index in [0.717, 1.165) is 0 Å². The third-order valence-corrected chi connectivity index (χ3v) is 9.44. The Morgan fingerprint density at radius 3 is 1.46 bits per heavy atom. The number of fused-ring (bicyclic) bond motifs is 9. The van der Waals surface area contributed by atoms with Gasteiger partial charge in [0.1, 0.15) is 0 Å². The molecule has 3 aliphatic rings. The average Bonchev–Trinajstić information content (AvgIpc) is 3.47. The molecule has 0 radical (unpaired) electrons. The van der Waals surface area contributed by atoms with Crippen LogP contribution in [0.4, 0.5) is 11.4 Å². The molecule has 0 N–H and O–H groups in total. The molecule has 1 spiro atoms. The summed E-state index contributed by atoms with van der Waals surface area (Å²) in [5.41, 5.74) is 15.0. The molecule has 8 rings (SSSR count). The Kier molecular flexibility index (Phi) is 5.00. The van der Waals surface area contributed by atoms with E-state index < -0.39 is 5.41 Å². The molecule has 1 nitrogen and oxygen atoms in total. The number of anilines is 2. The topological polar surface area (TPSA) is 3.24 Å². The van der Waals surface area contributed by atoms with Crippen molar-refractivity contribution in [3.63, 3.8) is 0 Å². The summed E-state index contributed by atoms with van der Waals surface area (Å²) in [6.07, 6.45) is 6.24. The van der Waals surface area contributed by atoms with Gasteiger partial charge in [-0.05, 0) is 56.6 Å². The lowest BCUT2D eigenvalue weighted by Crippen LogP contribution is -2.40. The van der Waals surface area contributed by atoms with Crippen molar-refractivity contribution in [3.05, 3.63) is 185 Å². The summed E-state index contributed by atoms with van der Waals surface area (Å²) in [6.45, 7) is 8.75. The van der Waals surface area contributed by atoms with Gasteiger partial charge in [0.15, 0.2) is 0 Å². The zero-order chi connectivity index (χ0) is 27.8. The molecule has 0 bridgehead atoms. The molecule has 1 aliphatic heterocycles. The number of rotatable bonds is 3. The summed E-state index contributed by atoms with van der Waals surface area (Å²) in [7, 11) is 0. The Balaban J connectivity index is 1.59. The van der Waals surface area contributed by atoms with Gasteiger partial charge >= 0.3 is 0 Å². The number of hydrogen-bond acceptors (Lipinski definition) is 1. The smallest absolute Gasteiger partial charge is 0.0881 e. The Morgan fingerprint density at radius 1 is 0.537 bits per heavy atom. The first-order chi connectivity index (χ1) is 20.1. The minimum atomic E-state index is -0.480. The van der Waals surface area contributed by atoms with Crippen LogP contribution in [-0.4, -0.2) is 0 Å². The summed E-state index contributed by atoms with van der Waals surface area (Å²) >= 11 is 0. The van der Waals surface area contributed by atoms with E-state index in [4.69, 9.17) is 0 Å². The highest BCUT2D eigenvalue weighted by Crippen LogP contribution is 2.65. The van der Waals surface area contributed by atoms with Crippen LogP contribution in [0.25, 0.3) is 16.7 Å². The van der Waals surface area contributed by atoms with Crippen LogP contribution >= 0.6 is 0 Å². The Labute approximate surface area is 242 Å². The number of hydrogen-bond donors (Lipinski definition) is 0. The molecular formula is C40H31N. The summed E-state index contributed by atoms with van der Waals surface area (Å²) in [5, 5.41) is 0. The molecule has 0 saturated heterocycles. The Morgan fingerprint density at radius 2 is 0.951 bits per heavy atom. The first kappa shape index (κ1) is 24.0. The largest absolute Gasteiger partial charge is 0.311 e. The normalized spacial score (nSPS) is 16.8. The van der Waals surface area contributed by atoms with Gasteiger partial charge in [-0.15, -0.1) is 0 Å². The highest BCUT2D eigenvalue weighted by molar-refractivity contribution is 6.01. The third kappa shape index (κ3) is 2.96. The van der Waals surface area contributed by atoms with Crippen LogP contribution in [0.15, 0.2) is 152 Å². The van der Waals surface area contributed by atoms with Gasteiger partial charge in [0.05, 0.1) is 11.1 Å². The van der Waals surface area contributed by atoms with Crippen LogP contribution in [0.2, 0.25) is 0 Å². The summed E-state index contributed by atoms with van der Waals surface area (Å²) < 4.78 is 0. The standard InChI is InChI=1S/C40H31N/c1-4-5-16-30-29-19-8-11-22-33(29)40(31-20-9-6-17-27(31)28-18-7-10-21-32(28)40)38(30)41-36-25-14-12-23-34(36)39(2,3)35-24-13-15-26-37(35)41/h4-26H,1H2,2-3H3/b16-5-. The van der Waals surface area contributed by atoms with Gasteiger partial charge in [-0.1, -0.05) is 148 Å². The van der Waals surface area contributed by atoms with Crippen LogP contribution in [0.5, 0.6) is 0 Å². The van der Waals surface area contributed by atoms with E-state index in [1.165, 1.54) is 67.2 Å². The van der Waals surface area contributed by atoms with E-state index >= 15 is 0 Å². The summed E-state index contributed by atoms with van der Waals surface area (Å²) in [5.74, 6) is 0. The molecule has 0 aromatic heterocycles. The highest BCUT2D eigenvalue weighted by atomic mass is 15.2. The zero-order valence-corrected chi connectivity index (χ0v) is 23.4. The van der Waals surface area contributed by atoms with Crippen molar-refractivity contribution in [1.29, 1.82) is 0 Å². The predicted octanol–water partition coefficient (Wildman–Crippen LogP) is 9.95. The van der Waals surface area contributed by atoms with Crippen LogP contribution < -0.4 is 4.90 Å². The summed E-state index contributed by atoms with van der Waals surface area (Å²) in [6, 6.07) is 45.0. The summed E-state index contributed by atoms with van der Waals surface area (Å²) in [4.78, 5) is 2.58. The van der Waals surface area contributed by atoms with E-state index in [2.05, 4.69) is 159 Å². The fourth-order valence-corrected chi connectivity index (χ4v) is 7.81. The van der Waals surface area contributed by atoms with E-state index in [1.54, 1.807) is 0 Å². The maximum absolute atomic E-state index is 4.04. The van der Waals surface area contributed by atoms with E-state index in [1.807, 2.05) is 6.08 Å². The van der Waals surface area contributed by atoms with Crippen molar-refractivity contribution in [3.8, 4) is 11.1 Å². The SMILES string of the molecule is C=C/C=C\C1=C(N2c3ccccc3C(C)(C)c3ccccc32)C2(c3ccccc31)c1ccccc1-c1ccccc12. The zero-order valence-electron chi connectivity index (χ0n) is 23.4. The molecule has 0 saturated carbocycles. The molecule has 0 fully saturated rings. The molecule has 196 valence electrons. The maximum atomic E-state index is 4.04.